The van der Waals surface area contributed by atoms with E-state index in [0.29, 0.717) is 18.3 Å². The molecule has 9 heteroatoms. The maximum atomic E-state index is 13.5. The zero-order chi connectivity index (χ0) is 20.2. The van der Waals surface area contributed by atoms with Gasteiger partial charge in [-0.3, -0.25) is 4.79 Å². The van der Waals surface area contributed by atoms with Crippen LogP contribution in [0.15, 0.2) is 30.6 Å². The lowest BCUT2D eigenvalue weighted by atomic mass is 9.46. The van der Waals surface area contributed by atoms with Gasteiger partial charge in [-0.2, -0.15) is 8.78 Å². The van der Waals surface area contributed by atoms with Gasteiger partial charge in [-0.05, 0) is 74.1 Å². The lowest BCUT2D eigenvalue weighted by Crippen LogP contribution is -2.60. The van der Waals surface area contributed by atoms with E-state index < -0.39 is 12.0 Å². The Bertz CT molecular complexity index is 936. The Hall–Kier alpha value is -2.22. The smallest absolute Gasteiger partial charge is 0.387 e. The van der Waals surface area contributed by atoms with Gasteiger partial charge in [0.25, 0.3) is 0 Å². The van der Waals surface area contributed by atoms with Crippen LogP contribution < -0.4 is 10.1 Å². The fraction of sp³-hybridized carbons (Fsp3) is 0.550. The van der Waals surface area contributed by atoms with E-state index in [2.05, 4.69) is 20.1 Å². The first-order chi connectivity index (χ1) is 13.9. The number of carbonyl (C=O) groups excluding carboxylic acids is 1. The molecular weight excluding hydrogens is 402 g/mol. The van der Waals surface area contributed by atoms with Crippen molar-refractivity contribution in [3.63, 3.8) is 0 Å². The third kappa shape index (κ3) is 3.17. The fourth-order valence-electron chi connectivity index (χ4n) is 6.24. The number of nitrogens with zero attached hydrogens (tertiary/aromatic N) is 3. The van der Waals surface area contributed by atoms with E-state index in [1.165, 1.54) is 6.07 Å². The van der Waals surface area contributed by atoms with E-state index >= 15 is 0 Å². The van der Waals surface area contributed by atoms with Gasteiger partial charge in [-0.15, -0.1) is 5.10 Å². The normalized spacial score (nSPS) is 32.6. The van der Waals surface area contributed by atoms with Crippen LogP contribution in [0.5, 0.6) is 5.75 Å². The summed E-state index contributed by atoms with van der Waals surface area (Å²) in [5.41, 5.74) is -0.549. The summed E-state index contributed by atoms with van der Waals surface area (Å²) in [4.78, 5) is 17.5. The monoisotopic (exact) mass is 422 g/mol. The summed E-state index contributed by atoms with van der Waals surface area (Å²) in [7, 11) is 0. The lowest BCUT2D eigenvalue weighted by Gasteiger charge is -2.60. The Labute approximate surface area is 171 Å². The Balaban J connectivity index is 1.45. The zero-order valence-electron chi connectivity index (χ0n) is 15.7. The van der Waals surface area contributed by atoms with Crippen molar-refractivity contribution in [2.45, 2.75) is 50.7 Å². The molecule has 0 aliphatic heterocycles. The molecule has 6 nitrogen and oxygen atoms in total. The Morgan fingerprint density at radius 3 is 2.62 bits per heavy atom. The second-order valence-corrected chi connectivity index (χ2v) is 9.09. The quantitative estimate of drug-likeness (QED) is 0.772. The van der Waals surface area contributed by atoms with Crippen LogP contribution in [-0.4, -0.2) is 27.3 Å². The number of para-hydroxylation sites is 2. The number of halogens is 3. The average molecular weight is 423 g/mol. The molecule has 29 heavy (non-hydrogen) atoms. The minimum atomic E-state index is -2.95. The van der Waals surface area contributed by atoms with Gasteiger partial charge in [0, 0.05) is 0 Å². The number of alkyl halides is 2. The van der Waals surface area contributed by atoms with E-state index in [1.54, 1.807) is 24.5 Å². The van der Waals surface area contributed by atoms with E-state index in [9.17, 15) is 13.6 Å². The van der Waals surface area contributed by atoms with Gasteiger partial charge >= 0.3 is 6.61 Å². The zero-order valence-corrected chi connectivity index (χ0v) is 16.4. The molecule has 4 aliphatic rings. The van der Waals surface area contributed by atoms with Gasteiger partial charge < -0.3 is 10.1 Å². The molecule has 4 bridgehead atoms. The minimum absolute atomic E-state index is 0.0293. The second-order valence-electron chi connectivity index (χ2n) is 8.75. The van der Waals surface area contributed by atoms with Crippen LogP contribution >= 0.6 is 11.6 Å². The summed E-state index contributed by atoms with van der Waals surface area (Å²) in [6.45, 7) is -2.95. The maximum Gasteiger partial charge on any atom is 0.387 e. The van der Waals surface area contributed by atoms with Gasteiger partial charge in [-0.1, -0.05) is 12.1 Å². The van der Waals surface area contributed by atoms with Crippen LogP contribution in [0.4, 0.5) is 14.5 Å². The number of aromatic nitrogens is 3. The molecule has 1 N–H and O–H groups in total. The molecule has 6 rings (SSSR count). The highest BCUT2D eigenvalue weighted by atomic mass is 35.5. The van der Waals surface area contributed by atoms with Crippen LogP contribution in [0, 0.1) is 17.3 Å². The Morgan fingerprint density at radius 1 is 1.24 bits per heavy atom. The molecule has 154 valence electrons. The minimum Gasteiger partial charge on any atom is -0.433 e. The van der Waals surface area contributed by atoms with Gasteiger partial charge in [0.05, 0.1) is 16.6 Å². The number of benzene rings is 1. The molecule has 4 saturated carbocycles. The van der Waals surface area contributed by atoms with Gasteiger partial charge in [0.1, 0.15) is 12.1 Å². The molecule has 2 atom stereocenters. The number of anilines is 1. The summed E-state index contributed by atoms with van der Waals surface area (Å²) < 4.78 is 31.9. The summed E-state index contributed by atoms with van der Waals surface area (Å²) in [6.07, 6.45) is 6.95. The molecule has 1 amide bonds. The van der Waals surface area contributed by atoms with Gasteiger partial charge in [0.15, 0.2) is 0 Å². The molecule has 0 spiro atoms. The first kappa shape index (κ1) is 18.8. The van der Waals surface area contributed by atoms with Crippen LogP contribution in [-0.2, 0) is 10.3 Å². The maximum absolute atomic E-state index is 13.5. The fourth-order valence-corrected chi connectivity index (χ4v) is 6.37. The molecular formula is C20H21ClF2N4O2. The first-order valence-corrected chi connectivity index (χ1v) is 10.2. The molecule has 0 radical (unpaired) electrons. The number of carbonyl (C=O) groups is 1. The SMILES string of the molecule is O=C(Nc1ccccc1OC(F)F)C12CC3CC(C1)CC(n1cnc(Cl)n1)(C3)C2. The van der Waals surface area contributed by atoms with Crippen LogP contribution in [0.2, 0.25) is 5.28 Å². The first-order valence-electron chi connectivity index (χ1n) is 9.80. The molecule has 1 heterocycles. The van der Waals surface area contributed by atoms with Crippen molar-refractivity contribution in [3.05, 3.63) is 35.9 Å². The predicted molar refractivity (Wildman–Crippen MR) is 102 cm³/mol. The Kier molecular flexibility index (Phi) is 4.31. The van der Waals surface area contributed by atoms with Crippen LogP contribution in [0.1, 0.15) is 38.5 Å². The van der Waals surface area contributed by atoms with E-state index in [-0.39, 0.29) is 28.2 Å². The molecule has 4 aliphatic carbocycles. The van der Waals surface area contributed by atoms with Gasteiger partial charge in [0.2, 0.25) is 11.2 Å². The van der Waals surface area contributed by atoms with Crippen molar-refractivity contribution in [2.75, 3.05) is 5.32 Å². The number of hydrogen-bond donors (Lipinski definition) is 1. The van der Waals surface area contributed by atoms with Crippen molar-refractivity contribution >= 4 is 23.2 Å². The third-order valence-electron chi connectivity index (χ3n) is 6.81. The summed E-state index contributed by atoms with van der Waals surface area (Å²) in [6, 6.07) is 6.30. The van der Waals surface area contributed by atoms with Gasteiger partial charge in [-0.25, -0.2) is 9.67 Å². The molecule has 2 aromatic rings. The standard InChI is InChI=1S/C20H21ClF2N4O2/c21-17-24-11-27(26-17)20-8-12-5-13(9-20)7-19(6-12,10-20)16(28)25-14-3-1-2-4-15(14)29-18(22)23/h1-4,11-13,18H,5-10H2,(H,25,28). The second kappa shape index (κ2) is 6.65. The topological polar surface area (TPSA) is 69.0 Å². The van der Waals surface area contributed by atoms with E-state index in [1.807, 2.05) is 4.68 Å². The number of nitrogens with one attached hydrogen (secondary N) is 1. The van der Waals surface area contributed by atoms with E-state index in [0.717, 1.165) is 32.1 Å². The average Bonchev–Trinajstić information content (AvgIpc) is 3.09. The molecule has 4 fully saturated rings. The van der Waals surface area contributed by atoms with Crippen LogP contribution in [0.25, 0.3) is 0 Å². The largest absolute Gasteiger partial charge is 0.433 e. The summed E-state index contributed by atoms with van der Waals surface area (Å²) in [5, 5.41) is 7.44. The van der Waals surface area contributed by atoms with Crippen LogP contribution in [0.3, 0.4) is 0 Å². The van der Waals surface area contributed by atoms with E-state index in [4.69, 9.17) is 11.6 Å². The molecule has 1 aromatic heterocycles. The number of rotatable bonds is 5. The van der Waals surface area contributed by atoms with Crippen molar-refractivity contribution in [1.29, 1.82) is 0 Å². The highest BCUT2D eigenvalue weighted by Gasteiger charge is 2.61. The molecule has 2 unspecified atom stereocenters. The highest BCUT2D eigenvalue weighted by Crippen LogP contribution is 2.64. The highest BCUT2D eigenvalue weighted by molar-refractivity contribution is 6.28. The number of hydrogen-bond acceptors (Lipinski definition) is 4. The van der Waals surface area contributed by atoms with Crippen molar-refractivity contribution in [1.82, 2.24) is 14.8 Å². The third-order valence-corrected chi connectivity index (χ3v) is 6.99. The lowest BCUT2D eigenvalue weighted by molar-refractivity contribution is -0.150. The predicted octanol–water partition coefficient (Wildman–Crippen LogP) is 4.47. The molecule has 0 saturated heterocycles. The van der Waals surface area contributed by atoms with Crippen molar-refractivity contribution < 1.29 is 18.3 Å². The van der Waals surface area contributed by atoms with Crippen molar-refractivity contribution in [2.24, 2.45) is 17.3 Å². The van der Waals surface area contributed by atoms with Crippen molar-refractivity contribution in [3.8, 4) is 5.75 Å². The Morgan fingerprint density at radius 2 is 1.97 bits per heavy atom. The number of ether oxygens (including phenoxy) is 1. The summed E-state index contributed by atoms with van der Waals surface area (Å²) in [5.74, 6) is 0.695. The summed E-state index contributed by atoms with van der Waals surface area (Å²) >= 11 is 5.97. The number of amides is 1. The molecule has 1 aromatic carbocycles.